The van der Waals surface area contributed by atoms with Gasteiger partial charge in [-0.05, 0) is 51.9 Å². The monoisotopic (exact) mass is 1220 g/mol. The molecule has 488 valence electrons. The molecule has 0 aromatic carbocycles. The molecule has 6 atom stereocenters. The number of amides is 5. The van der Waals surface area contributed by atoms with Crippen LogP contribution in [-0.4, -0.2) is 192 Å². The maximum atomic E-state index is 12.6. The number of rotatable bonds is 59. The van der Waals surface area contributed by atoms with E-state index in [-0.39, 0.29) is 135 Å². The van der Waals surface area contributed by atoms with Crippen LogP contribution in [0.4, 0.5) is 0 Å². The number of unbranched alkanes of at least 4 members (excludes halogenated alkanes) is 14. The fourth-order valence-corrected chi connectivity index (χ4v) is 8.65. The largest absolute Gasteiger partial charge is 0.481 e. The van der Waals surface area contributed by atoms with Crippen LogP contribution >= 0.6 is 0 Å². The Morgan fingerprint density at radius 3 is 1.29 bits per heavy atom. The number of aliphatic hydroxyl groups excluding tert-OH is 1. The molecule has 0 bridgehead atoms. The number of carboxylic acids is 5. The maximum absolute atomic E-state index is 12.6. The number of aliphatic carboxylic acids is 5. The number of carbonyl (C=O) groups excluding carboxylic acids is 7. The normalized spacial score (nSPS) is 13.3. The average molecular weight is 1220 g/mol. The quantitative estimate of drug-likeness (QED) is 0.0387. The Labute approximate surface area is 498 Å². The highest BCUT2D eigenvalue weighted by molar-refractivity contribution is 5.88. The van der Waals surface area contributed by atoms with E-state index in [2.05, 4.69) is 26.6 Å². The molecule has 5 amide bonds. The molecule has 0 fully saturated rings. The van der Waals surface area contributed by atoms with Crippen molar-refractivity contribution >= 4 is 70.9 Å². The van der Waals surface area contributed by atoms with Crippen molar-refractivity contribution in [3.63, 3.8) is 0 Å². The van der Waals surface area contributed by atoms with E-state index in [1.54, 1.807) is 6.92 Å². The van der Waals surface area contributed by atoms with E-state index in [1.165, 1.54) is 39.0 Å². The van der Waals surface area contributed by atoms with E-state index in [4.69, 9.17) is 24.1 Å². The first-order chi connectivity index (χ1) is 40.5. The highest BCUT2D eigenvalue weighted by atomic mass is 16.5. The molecule has 27 nitrogen and oxygen atoms in total. The zero-order valence-corrected chi connectivity index (χ0v) is 50.0. The maximum Gasteiger partial charge on any atom is 0.326 e. The topological polar surface area (TPSA) is 423 Å². The lowest BCUT2D eigenvalue weighted by atomic mass is 9.89. The third kappa shape index (κ3) is 46.8. The standard InChI is InChI=1S/C58H99N5O22/c1-41(48(66)38-45(42(2)64)56(76)77)19-17-18-28-59-49(67)26-22-43(55(74)75)37-44(65)23-24-46(57(78)79)63-53(71)40-85-36-34-83-32-30-61-52(70)39-84-35-33-82-31-29-60-50(68)27-25-47(58(80)81)62-51(69)20-15-13-11-9-7-5-3-4-6-8-10-12-14-16-21-54(72)73/h41-43,45-47,64H,3-40H2,1-2H3,(H,59,67)(H,60,68)(H,61,70)(H,62,69)(H,63,71)(H,72,73)(H,74,75)(H,76,77)(H,78,79)(H,80,81)/t41-,42-,43+,45+,46+,47-/m0/s1. The van der Waals surface area contributed by atoms with Crippen molar-refractivity contribution in [3.05, 3.63) is 0 Å². The summed E-state index contributed by atoms with van der Waals surface area (Å²) in [5.74, 6) is -12.1. The SMILES string of the molecule is C[C@H](O)[C@@H](CC(=O)[C@@H](C)CCCCNC(=O)CC[C@H](CC(=O)CC[C@@H](NC(=O)COCCOCCNC(=O)COCCOCCNC(=O)CC[C@H](NC(=O)CCCCCCCCCCCCCCCCC(=O)O)C(=O)O)C(=O)O)C(=O)O)C(=O)O. The molecule has 0 aliphatic heterocycles. The van der Waals surface area contributed by atoms with Crippen molar-refractivity contribution in [1.29, 1.82) is 0 Å². The summed E-state index contributed by atoms with van der Waals surface area (Å²) in [5, 5.41) is 68.9. The molecule has 0 saturated carbocycles. The van der Waals surface area contributed by atoms with Crippen LogP contribution in [0, 0.1) is 17.8 Å². The summed E-state index contributed by atoms with van der Waals surface area (Å²) in [7, 11) is 0. The number of carboxylic acid groups (broad SMARTS) is 5. The van der Waals surface area contributed by atoms with Gasteiger partial charge in [0.05, 0.1) is 57.6 Å². The number of nitrogens with one attached hydrogen (secondary N) is 5. The Morgan fingerprint density at radius 2 is 0.812 bits per heavy atom. The lowest BCUT2D eigenvalue weighted by Gasteiger charge is -2.17. The summed E-state index contributed by atoms with van der Waals surface area (Å²) < 4.78 is 21.2. The van der Waals surface area contributed by atoms with Crippen molar-refractivity contribution in [3.8, 4) is 0 Å². The lowest BCUT2D eigenvalue weighted by Crippen LogP contribution is -2.43. The molecule has 0 radical (unpaired) electrons. The highest BCUT2D eigenvalue weighted by Crippen LogP contribution is 2.19. The zero-order chi connectivity index (χ0) is 63.6. The van der Waals surface area contributed by atoms with Gasteiger partial charge in [0.1, 0.15) is 36.9 Å². The van der Waals surface area contributed by atoms with Gasteiger partial charge in [0.15, 0.2) is 0 Å². The lowest BCUT2D eigenvalue weighted by molar-refractivity contribution is -0.148. The number of aliphatic hydroxyl groups is 1. The summed E-state index contributed by atoms with van der Waals surface area (Å²) in [4.78, 5) is 144. The van der Waals surface area contributed by atoms with Crippen LogP contribution < -0.4 is 26.6 Å². The fourth-order valence-electron chi connectivity index (χ4n) is 8.65. The number of Topliss-reactive ketones (excluding diaryl/α,β-unsaturated/α-hetero) is 2. The molecule has 0 saturated heterocycles. The summed E-state index contributed by atoms with van der Waals surface area (Å²) in [5.41, 5.74) is 0. The predicted molar refractivity (Wildman–Crippen MR) is 307 cm³/mol. The molecule has 0 heterocycles. The van der Waals surface area contributed by atoms with E-state index >= 15 is 0 Å². The average Bonchev–Trinajstić information content (AvgIpc) is 3.55. The van der Waals surface area contributed by atoms with E-state index in [9.17, 15) is 83.1 Å². The van der Waals surface area contributed by atoms with Crippen molar-refractivity contribution in [2.24, 2.45) is 17.8 Å². The second-order valence-electron chi connectivity index (χ2n) is 21.3. The Kier molecular flexibility index (Phi) is 47.4. The van der Waals surface area contributed by atoms with Gasteiger partial charge in [-0.2, -0.15) is 0 Å². The summed E-state index contributed by atoms with van der Waals surface area (Å²) in [6, 6.07) is -2.66. The molecule has 0 aliphatic carbocycles. The fraction of sp³-hybridized carbons (Fsp3) is 0.793. The van der Waals surface area contributed by atoms with Gasteiger partial charge < -0.3 is 76.2 Å². The Balaban J connectivity index is 4.04. The van der Waals surface area contributed by atoms with Crippen LogP contribution in [0.15, 0.2) is 0 Å². The Bertz CT molecular complexity index is 1990. The second-order valence-corrected chi connectivity index (χ2v) is 21.3. The van der Waals surface area contributed by atoms with Gasteiger partial charge in [0.2, 0.25) is 29.5 Å². The number of hydrogen-bond acceptors (Lipinski definition) is 17. The smallest absolute Gasteiger partial charge is 0.326 e. The van der Waals surface area contributed by atoms with Crippen LogP contribution in [0.5, 0.6) is 0 Å². The van der Waals surface area contributed by atoms with Crippen LogP contribution in [-0.2, 0) is 76.5 Å². The first-order valence-corrected chi connectivity index (χ1v) is 30.1. The van der Waals surface area contributed by atoms with Gasteiger partial charge in [-0.15, -0.1) is 0 Å². The molecule has 0 aromatic heterocycles. The Morgan fingerprint density at radius 1 is 0.376 bits per heavy atom. The predicted octanol–water partition coefficient (Wildman–Crippen LogP) is 3.71. The summed E-state index contributed by atoms with van der Waals surface area (Å²) in [6.07, 6.45) is 13.5. The summed E-state index contributed by atoms with van der Waals surface area (Å²) >= 11 is 0. The van der Waals surface area contributed by atoms with Crippen LogP contribution in [0.3, 0.4) is 0 Å². The van der Waals surface area contributed by atoms with Crippen LogP contribution in [0.25, 0.3) is 0 Å². The molecule has 0 aliphatic rings. The molecular formula is C58H99N5O22. The van der Waals surface area contributed by atoms with Gasteiger partial charge in [0.25, 0.3) is 0 Å². The molecule has 85 heavy (non-hydrogen) atoms. The van der Waals surface area contributed by atoms with Gasteiger partial charge in [0, 0.05) is 70.5 Å². The number of hydrogen-bond donors (Lipinski definition) is 11. The first kappa shape index (κ1) is 78.8. The minimum Gasteiger partial charge on any atom is -0.481 e. The molecule has 0 aromatic rings. The third-order valence-corrected chi connectivity index (χ3v) is 13.8. The highest BCUT2D eigenvalue weighted by Gasteiger charge is 2.29. The molecule has 0 spiro atoms. The minimum absolute atomic E-state index is 0.0309. The molecule has 11 N–H and O–H groups in total. The molecule has 27 heteroatoms. The van der Waals surface area contributed by atoms with Crippen molar-refractivity contribution in [2.75, 3.05) is 72.5 Å². The van der Waals surface area contributed by atoms with Gasteiger partial charge >= 0.3 is 29.8 Å². The summed E-state index contributed by atoms with van der Waals surface area (Å²) in [6.45, 7) is 3.12. The van der Waals surface area contributed by atoms with E-state index in [1.807, 2.05) is 0 Å². The number of ketones is 2. The molecule has 0 rings (SSSR count). The first-order valence-electron chi connectivity index (χ1n) is 30.1. The minimum atomic E-state index is -1.47. The zero-order valence-electron chi connectivity index (χ0n) is 50.0. The molecule has 0 unspecified atom stereocenters. The van der Waals surface area contributed by atoms with E-state index in [0.29, 0.717) is 25.7 Å². The van der Waals surface area contributed by atoms with Gasteiger partial charge in [-0.1, -0.05) is 90.4 Å². The molecular weight excluding hydrogens is 1120 g/mol. The van der Waals surface area contributed by atoms with Crippen molar-refractivity contribution < 1.29 is 107 Å². The van der Waals surface area contributed by atoms with Crippen LogP contribution in [0.1, 0.15) is 187 Å². The second kappa shape index (κ2) is 51.1. The Hall–Kier alpha value is -6.16. The van der Waals surface area contributed by atoms with Gasteiger partial charge in [-0.3, -0.25) is 47.9 Å². The van der Waals surface area contributed by atoms with Crippen molar-refractivity contribution in [1.82, 2.24) is 26.6 Å². The van der Waals surface area contributed by atoms with Crippen LogP contribution in [0.2, 0.25) is 0 Å². The van der Waals surface area contributed by atoms with E-state index in [0.717, 1.165) is 51.4 Å². The van der Waals surface area contributed by atoms with Crippen molar-refractivity contribution in [2.45, 2.75) is 205 Å². The van der Waals surface area contributed by atoms with Gasteiger partial charge in [-0.25, -0.2) is 9.59 Å². The third-order valence-electron chi connectivity index (χ3n) is 13.8. The number of ether oxygens (including phenoxy) is 4. The van der Waals surface area contributed by atoms with E-state index < -0.39 is 108 Å². The number of carbonyl (C=O) groups is 12.